The van der Waals surface area contributed by atoms with E-state index in [4.69, 9.17) is 9.47 Å². The molecule has 0 aliphatic rings. The van der Waals surface area contributed by atoms with E-state index in [-0.39, 0.29) is 5.56 Å². The smallest absolute Gasteiger partial charge is 0.338 e. The topological polar surface area (TPSA) is 81.3 Å². The maximum Gasteiger partial charge on any atom is 0.338 e. The monoisotopic (exact) mass is 366 g/mol. The summed E-state index contributed by atoms with van der Waals surface area (Å²) in [6.45, 7) is 6.42. The van der Waals surface area contributed by atoms with Crippen molar-refractivity contribution in [1.29, 1.82) is 0 Å². The molecule has 0 amide bonds. The summed E-state index contributed by atoms with van der Waals surface area (Å²) in [4.78, 5) is 31.6. The normalized spacial score (nSPS) is 12.1. The van der Waals surface area contributed by atoms with Crippen molar-refractivity contribution in [3.63, 3.8) is 0 Å². The van der Waals surface area contributed by atoms with Gasteiger partial charge in [0.1, 0.15) is 5.75 Å². The third-order valence-electron chi connectivity index (χ3n) is 3.97. The van der Waals surface area contributed by atoms with Gasteiger partial charge in [0.15, 0.2) is 11.9 Å². The van der Waals surface area contributed by atoms with Gasteiger partial charge in [-0.3, -0.25) is 4.79 Å². The molecule has 0 aliphatic heterocycles. The van der Waals surface area contributed by atoms with Crippen molar-refractivity contribution >= 4 is 16.9 Å². The van der Waals surface area contributed by atoms with Crippen molar-refractivity contribution in [3.8, 4) is 5.75 Å². The maximum absolute atomic E-state index is 12.4. The molecule has 3 rings (SSSR count). The summed E-state index contributed by atoms with van der Waals surface area (Å²) < 4.78 is 11.1. The fraction of sp³-hybridized carbons (Fsp3) is 0.286. The Labute approximate surface area is 157 Å². The number of hydrogen-bond donors (Lipinski definition) is 1. The number of aromatic nitrogens is 2. The number of fused-ring (bicyclic) bond motifs is 1. The maximum atomic E-state index is 12.4. The van der Waals surface area contributed by atoms with Crippen LogP contribution < -0.4 is 10.3 Å². The lowest BCUT2D eigenvalue weighted by atomic mass is 10.2. The molecule has 0 saturated heterocycles. The van der Waals surface area contributed by atoms with Crippen molar-refractivity contribution in [1.82, 2.24) is 9.97 Å². The predicted octanol–water partition coefficient (Wildman–Crippen LogP) is 3.88. The van der Waals surface area contributed by atoms with E-state index >= 15 is 0 Å². The van der Waals surface area contributed by atoms with Crippen LogP contribution in [-0.2, 0) is 4.74 Å². The Morgan fingerprint density at radius 3 is 2.48 bits per heavy atom. The second kappa shape index (κ2) is 8.03. The molecule has 3 aromatic rings. The fourth-order valence-electron chi connectivity index (χ4n) is 2.53. The zero-order valence-corrected chi connectivity index (χ0v) is 15.6. The highest BCUT2D eigenvalue weighted by atomic mass is 16.5. The summed E-state index contributed by atoms with van der Waals surface area (Å²) in [6.07, 6.45) is -0.688. The van der Waals surface area contributed by atoms with Gasteiger partial charge in [-0.15, -0.1) is 0 Å². The first-order valence-electron chi connectivity index (χ1n) is 8.87. The second-order valence-electron chi connectivity index (χ2n) is 6.75. The molecule has 2 aromatic carbocycles. The van der Waals surface area contributed by atoms with Crippen molar-refractivity contribution in [2.24, 2.45) is 5.92 Å². The van der Waals surface area contributed by atoms with E-state index < -0.39 is 12.1 Å². The average Bonchev–Trinajstić information content (AvgIpc) is 2.66. The average molecular weight is 366 g/mol. The Morgan fingerprint density at radius 2 is 1.78 bits per heavy atom. The van der Waals surface area contributed by atoms with Crippen LogP contribution in [0.15, 0.2) is 53.3 Å². The van der Waals surface area contributed by atoms with Gasteiger partial charge in [0.25, 0.3) is 5.56 Å². The van der Waals surface area contributed by atoms with Crippen LogP contribution >= 0.6 is 0 Å². The molecule has 1 N–H and O–H groups in total. The molecule has 0 saturated carbocycles. The Hall–Kier alpha value is -3.15. The van der Waals surface area contributed by atoms with Gasteiger partial charge in [-0.1, -0.05) is 26.0 Å². The van der Waals surface area contributed by atoms with Crippen molar-refractivity contribution < 1.29 is 14.3 Å². The van der Waals surface area contributed by atoms with Gasteiger partial charge in [0, 0.05) is 0 Å². The number of nitrogens with one attached hydrogen (secondary N) is 1. The minimum atomic E-state index is -0.688. The van der Waals surface area contributed by atoms with Crippen LogP contribution in [0.25, 0.3) is 10.9 Å². The molecule has 1 heterocycles. The van der Waals surface area contributed by atoms with Crippen LogP contribution in [0.5, 0.6) is 5.75 Å². The predicted molar refractivity (Wildman–Crippen MR) is 103 cm³/mol. The van der Waals surface area contributed by atoms with Crippen molar-refractivity contribution in [2.45, 2.75) is 26.9 Å². The standard InChI is InChI=1S/C21H22N2O4/c1-13(2)12-26-16-10-8-15(9-11-16)21(25)27-14(3)19-22-18-7-5-4-6-17(18)20(24)23-19/h4-11,13-14H,12H2,1-3H3,(H,22,23,24)/t14-/m1/s1. The Morgan fingerprint density at radius 1 is 1.07 bits per heavy atom. The first kappa shape index (κ1) is 18.6. The van der Waals surface area contributed by atoms with Crippen LogP contribution in [0.3, 0.4) is 0 Å². The summed E-state index contributed by atoms with van der Waals surface area (Å²) in [5.41, 5.74) is 0.706. The van der Waals surface area contributed by atoms with Crippen LogP contribution in [0.2, 0.25) is 0 Å². The van der Waals surface area contributed by atoms with E-state index in [0.717, 1.165) is 0 Å². The minimum Gasteiger partial charge on any atom is -0.493 e. The zero-order valence-electron chi connectivity index (χ0n) is 15.6. The molecular formula is C21H22N2O4. The van der Waals surface area contributed by atoms with Gasteiger partial charge >= 0.3 is 5.97 Å². The number of esters is 1. The number of hydrogen-bond acceptors (Lipinski definition) is 5. The molecule has 0 aliphatic carbocycles. The third-order valence-corrected chi connectivity index (χ3v) is 3.97. The summed E-state index contributed by atoms with van der Waals surface area (Å²) in [5, 5.41) is 0.497. The molecule has 140 valence electrons. The second-order valence-corrected chi connectivity index (χ2v) is 6.75. The molecule has 1 aromatic heterocycles. The van der Waals surface area contributed by atoms with Crippen molar-refractivity contribution in [2.75, 3.05) is 6.61 Å². The van der Waals surface area contributed by atoms with E-state index in [0.29, 0.717) is 40.6 Å². The zero-order chi connectivity index (χ0) is 19.4. The third kappa shape index (κ3) is 4.53. The Bertz CT molecular complexity index is 993. The van der Waals surface area contributed by atoms with E-state index in [9.17, 15) is 9.59 Å². The quantitative estimate of drug-likeness (QED) is 0.670. The molecule has 6 heteroatoms. The highest BCUT2D eigenvalue weighted by Crippen LogP contribution is 2.18. The fourth-order valence-corrected chi connectivity index (χ4v) is 2.53. The number of aromatic amines is 1. The molecule has 27 heavy (non-hydrogen) atoms. The van der Waals surface area contributed by atoms with Crippen LogP contribution in [0, 0.1) is 5.92 Å². The SMILES string of the molecule is CC(C)COc1ccc(C(=O)O[C@H](C)c2nc3ccccc3c(=O)[nH]2)cc1. The summed E-state index contributed by atoms with van der Waals surface area (Å²) >= 11 is 0. The van der Waals surface area contributed by atoms with Gasteiger partial charge < -0.3 is 14.5 Å². The van der Waals surface area contributed by atoms with Crippen LogP contribution in [0.1, 0.15) is 43.1 Å². The summed E-state index contributed by atoms with van der Waals surface area (Å²) in [5.74, 6) is 0.943. The number of carbonyl (C=O) groups is 1. The first-order chi connectivity index (χ1) is 12.9. The van der Waals surface area contributed by atoms with Crippen LogP contribution in [-0.4, -0.2) is 22.5 Å². The van der Waals surface area contributed by atoms with Gasteiger partial charge in [0.05, 0.1) is 23.1 Å². The molecule has 0 fully saturated rings. The molecule has 0 spiro atoms. The largest absolute Gasteiger partial charge is 0.493 e. The van der Waals surface area contributed by atoms with E-state index in [2.05, 4.69) is 23.8 Å². The molecule has 6 nitrogen and oxygen atoms in total. The lowest BCUT2D eigenvalue weighted by Gasteiger charge is -2.13. The number of H-pyrrole nitrogens is 1. The van der Waals surface area contributed by atoms with E-state index in [1.54, 1.807) is 55.5 Å². The van der Waals surface area contributed by atoms with Crippen LogP contribution in [0.4, 0.5) is 0 Å². The number of ether oxygens (including phenoxy) is 2. The lowest BCUT2D eigenvalue weighted by molar-refractivity contribution is 0.0320. The number of carbonyl (C=O) groups excluding carboxylic acids is 1. The Kier molecular flexibility index (Phi) is 5.54. The number of para-hydroxylation sites is 1. The van der Waals surface area contributed by atoms with Crippen molar-refractivity contribution in [3.05, 3.63) is 70.3 Å². The molecule has 0 bridgehead atoms. The number of benzene rings is 2. The van der Waals surface area contributed by atoms with Gasteiger partial charge in [-0.2, -0.15) is 0 Å². The minimum absolute atomic E-state index is 0.259. The molecule has 0 unspecified atom stereocenters. The summed E-state index contributed by atoms with van der Waals surface area (Å²) in [7, 11) is 0. The number of nitrogens with zero attached hydrogens (tertiary/aromatic N) is 1. The van der Waals surface area contributed by atoms with Gasteiger partial charge in [0.2, 0.25) is 0 Å². The first-order valence-corrected chi connectivity index (χ1v) is 8.87. The van der Waals surface area contributed by atoms with Gasteiger partial charge in [-0.25, -0.2) is 9.78 Å². The van der Waals surface area contributed by atoms with E-state index in [1.807, 2.05) is 0 Å². The highest BCUT2D eigenvalue weighted by Gasteiger charge is 2.17. The molecular weight excluding hydrogens is 344 g/mol. The Balaban J connectivity index is 1.71. The molecule has 0 radical (unpaired) electrons. The highest BCUT2D eigenvalue weighted by molar-refractivity contribution is 5.89. The van der Waals surface area contributed by atoms with E-state index in [1.165, 1.54) is 0 Å². The molecule has 1 atom stereocenters. The van der Waals surface area contributed by atoms with Gasteiger partial charge in [-0.05, 0) is 49.2 Å². The lowest BCUT2D eigenvalue weighted by Crippen LogP contribution is -2.17. The summed E-state index contributed by atoms with van der Waals surface area (Å²) in [6, 6.07) is 13.8. The number of rotatable bonds is 6.